The van der Waals surface area contributed by atoms with E-state index in [1.807, 2.05) is 0 Å². The van der Waals surface area contributed by atoms with Crippen molar-refractivity contribution in [2.75, 3.05) is 12.3 Å². The van der Waals surface area contributed by atoms with Crippen LogP contribution in [-0.4, -0.2) is 48.3 Å². The van der Waals surface area contributed by atoms with E-state index in [1.54, 1.807) is 0 Å². The van der Waals surface area contributed by atoms with E-state index in [2.05, 4.69) is 19.5 Å². The molecule has 0 saturated carbocycles. The van der Waals surface area contributed by atoms with Crippen LogP contribution in [0.4, 0.5) is 5.95 Å². The third-order valence-corrected chi connectivity index (χ3v) is 3.97. The van der Waals surface area contributed by atoms with Crippen LogP contribution in [0.3, 0.4) is 0 Å². The molecule has 1 aliphatic heterocycles. The molecule has 4 unspecified atom stereocenters. The van der Waals surface area contributed by atoms with Crippen LogP contribution in [-0.2, 0) is 13.8 Å². The predicted octanol–water partition coefficient (Wildman–Crippen LogP) is -2.88. The minimum Gasteiger partial charge on any atom is -0.756 e. The molecule has 0 spiro atoms. The predicted molar refractivity (Wildman–Crippen MR) is 75.7 cm³/mol. The molecule has 14 heteroatoms. The number of nitrogens with one attached hydrogen (secondary N) is 2. The second-order valence-electron chi connectivity index (χ2n) is 5.15. The van der Waals surface area contributed by atoms with Gasteiger partial charge in [0.2, 0.25) is 5.95 Å². The van der Waals surface area contributed by atoms with Gasteiger partial charge in [0.25, 0.3) is 13.4 Å². The van der Waals surface area contributed by atoms with Gasteiger partial charge in [0, 0.05) is 6.42 Å². The molecule has 24 heavy (non-hydrogen) atoms. The van der Waals surface area contributed by atoms with Crippen molar-refractivity contribution in [1.82, 2.24) is 19.5 Å². The summed E-state index contributed by atoms with van der Waals surface area (Å²) in [5, 5.41) is 9.91. The third kappa shape index (κ3) is 3.13. The van der Waals surface area contributed by atoms with Crippen LogP contribution >= 0.6 is 7.82 Å². The highest BCUT2D eigenvalue weighted by molar-refractivity contribution is 7.44. The van der Waals surface area contributed by atoms with Gasteiger partial charge < -0.3 is 29.9 Å². The van der Waals surface area contributed by atoms with E-state index in [1.165, 1.54) is 0 Å². The highest BCUT2D eigenvalue weighted by Crippen LogP contribution is 2.34. The number of nitrogen functional groups attached to an aromatic ring is 1. The van der Waals surface area contributed by atoms with Gasteiger partial charge in [-0.05, 0) is 0 Å². The molecule has 3 heterocycles. The molecule has 4 atom stereocenters. The fraction of sp³-hybridized carbons (Fsp3) is 0.500. The SMILES string of the molecule is Nc1nc2c([nH]c(=O)n2C2CC(O)C(COP(=O)([O-])O)O2)c(=O)[nH]1. The number of rotatable bonds is 4. The van der Waals surface area contributed by atoms with Crippen molar-refractivity contribution in [2.45, 2.75) is 24.9 Å². The van der Waals surface area contributed by atoms with Crippen molar-refractivity contribution in [3.05, 3.63) is 20.8 Å². The van der Waals surface area contributed by atoms with Crippen molar-refractivity contribution in [2.24, 2.45) is 0 Å². The van der Waals surface area contributed by atoms with Crippen molar-refractivity contribution < 1.29 is 28.7 Å². The second-order valence-corrected chi connectivity index (χ2v) is 6.34. The van der Waals surface area contributed by atoms with Crippen LogP contribution in [0, 0.1) is 0 Å². The number of H-pyrrole nitrogens is 2. The minimum absolute atomic E-state index is 0.0725. The van der Waals surface area contributed by atoms with E-state index >= 15 is 0 Å². The summed E-state index contributed by atoms with van der Waals surface area (Å²) in [7, 11) is -4.98. The van der Waals surface area contributed by atoms with E-state index in [4.69, 9.17) is 15.4 Å². The lowest BCUT2D eigenvalue weighted by molar-refractivity contribution is -0.222. The number of fused-ring (bicyclic) bond motifs is 1. The number of hydrogen-bond donors (Lipinski definition) is 5. The van der Waals surface area contributed by atoms with Gasteiger partial charge in [0.15, 0.2) is 11.2 Å². The Bertz CT molecular complexity index is 927. The first kappa shape index (κ1) is 16.8. The maximum atomic E-state index is 12.1. The van der Waals surface area contributed by atoms with Gasteiger partial charge in [-0.25, -0.2) is 9.36 Å². The highest BCUT2D eigenvalue weighted by atomic mass is 31.2. The molecule has 0 aliphatic carbocycles. The number of imidazole rings is 1. The van der Waals surface area contributed by atoms with Gasteiger partial charge in [-0.15, -0.1) is 0 Å². The number of phosphoric acid groups is 1. The maximum Gasteiger partial charge on any atom is 0.329 e. The van der Waals surface area contributed by atoms with Crippen LogP contribution < -0.4 is 21.9 Å². The molecule has 0 aromatic carbocycles. The minimum atomic E-state index is -4.98. The summed E-state index contributed by atoms with van der Waals surface area (Å²) in [5.74, 6) is -0.216. The Hall–Kier alpha value is -2.02. The lowest BCUT2D eigenvalue weighted by atomic mass is 10.2. The van der Waals surface area contributed by atoms with Gasteiger partial charge >= 0.3 is 5.69 Å². The number of aliphatic hydroxyl groups excluding tert-OH is 1. The Morgan fingerprint density at radius 3 is 2.88 bits per heavy atom. The summed E-state index contributed by atoms with van der Waals surface area (Å²) in [4.78, 5) is 51.4. The van der Waals surface area contributed by atoms with E-state index in [0.717, 1.165) is 4.57 Å². The fourth-order valence-corrected chi connectivity index (χ4v) is 2.82. The Labute approximate surface area is 132 Å². The summed E-state index contributed by atoms with van der Waals surface area (Å²) in [6.45, 7) is -0.637. The zero-order valence-corrected chi connectivity index (χ0v) is 12.8. The number of anilines is 1. The Morgan fingerprint density at radius 1 is 1.50 bits per heavy atom. The average molecular weight is 362 g/mol. The second kappa shape index (κ2) is 5.81. The maximum absolute atomic E-state index is 12.1. The Balaban J connectivity index is 1.92. The Kier molecular flexibility index (Phi) is 4.07. The van der Waals surface area contributed by atoms with Crippen LogP contribution in [0.2, 0.25) is 0 Å². The molecule has 2 aromatic rings. The van der Waals surface area contributed by atoms with Crippen molar-refractivity contribution >= 4 is 24.9 Å². The topological polar surface area (TPSA) is 209 Å². The quantitative estimate of drug-likeness (QED) is 0.351. The standard InChI is InChI=1S/C10H14N5O8P/c11-9-13-7-6(8(17)14-9)12-10(18)15(7)5-1-3(16)4(23-5)2-22-24(19,20)21/h3-5,16H,1-2H2,(H,12,18)(H2,19,20,21)(H3,11,13,14,17)/p-1. The molecule has 1 saturated heterocycles. The number of aromatic amines is 2. The summed E-state index contributed by atoms with van der Waals surface area (Å²) >= 11 is 0. The fourth-order valence-electron chi connectivity index (χ4n) is 2.49. The van der Waals surface area contributed by atoms with Crippen molar-refractivity contribution in [3.8, 4) is 0 Å². The van der Waals surface area contributed by atoms with E-state index < -0.39 is 44.1 Å². The number of nitrogens with zero attached hydrogens (tertiary/aromatic N) is 2. The largest absolute Gasteiger partial charge is 0.756 e. The van der Waals surface area contributed by atoms with Gasteiger partial charge in [0.1, 0.15) is 12.3 Å². The molecule has 13 nitrogen and oxygen atoms in total. The van der Waals surface area contributed by atoms with Crippen LogP contribution in [0.1, 0.15) is 12.6 Å². The summed E-state index contributed by atoms with van der Waals surface area (Å²) in [5.41, 5.74) is 3.89. The lowest BCUT2D eigenvalue weighted by Gasteiger charge is -2.20. The molecule has 6 N–H and O–H groups in total. The number of phosphoric ester groups is 1. The Morgan fingerprint density at radius 2 is 2.21 bits per heavy atom. The number of hydrogen-bond acceptors (Lipinski definition) is 9. The molecule has 2 aromatic heterocycles. The molecule has 1 fully saturated rings. The van der Waals surface area contributed by atoms with Crippen molar-refractivity contribution in [1.29, 1.82) is 0 Å². The molecule has 1 aliphatic rings. The molecule has 0 bridgehead atoms. The number of aromatic nitrogens is 4. The van der Waals surface area contributed by atoms with E-state index in [0.29, 0.717) is 0 Å². The average Bonchev–Trinajstić information content (AvgIpc) is 2.96. The van der Waals surface area contributed by atoms with Gasteiger partial charge in [-0.3, -0.25) is 19.3 Å². The molecule has 3 rings (SSSR count). The lowest BCUT2D eigenvalue weighted by Crippen LogP contribution is -2.27. The van der Waals surface area contributed by atoms with Gasteiger partial charge in [0.05, 0.1) is 12.7 Å². The highest BCUT2D eigenvalue weighted by Gasteiger charge is 2.37. The van der Waals surface area contributed by atoms with Crippen LogP contribution in [0.5, 0.6) is 0 Å². The molecular weight excluding hydrogens is 349 g/mol. The summed E-state index contributed by atoms with van der Waals surface area (Å²) in [6.07, 6.45) is -3.41. The first-order valence-corrected chi connectivity index (χ1v) is 8.17. The number of ether oxygens (including phenoxy) is 1. The smallest absolute Gasteiger partial charge is 0.329 e. The van der Waals surface area contributed by atoms with E-state index in [9.17, 15) is 24.2 Å². The van der Waals surface area contributed by atoms with Crippen LogP contribution in [0.15, 0.2) is 9.59 Å². The zero-order valence-electron chi connectivity index (χ0n) is 11.9. The summed E-state index contributed by atoms with van der Waals surface area (Å²) in [6, 6.07) is 0. The van der Waals surface area contributed by atoms with Gasteiger partial charge in [-0.2, -0.15) is 4.98 Å². The molecular formula is C10H13N5O8P-. The first-order valence-electron chi connectivity index (χ1n) is 6.67. The monoisotopic (exact) mass is 362 g/mol. The van der Waals surface area contributed by atoms with Crippen molar-refractivity contribution in [3.63, 3.8) is 0 Å². The summed E-state index contributed by atoms with van der Waals surface area (Å²) < 4.78 is 21.2. The van der Waals surface area contributed by atoms with Gasteiger partial charge in [-0.1, -0.05) is 0 Å². The van der Waals surface area contributed by atoms with Crippen LogP contribution in [0.25, 0.3) is 11.2 Å². The molecule has 0 amide bonds. The number of aliphatic hydroxyl groups is 1. The normalized spacial score (nSPS) is 26.7. The van der Waals surface area contributed by atoms with E-state index in [-0.39, 0.29) is 23.5 Å². The molecule has 132 valence electrons. The molecule has 0 radical (unpaired) electrons. The third-order valence-electron chi connectivity index (χ3n) is 3.49. The zero-order chi connectivity index (χ0) is 17.6. The first-order chi connectivity index (χ1) is 11.2. The number of nitrogens with two attached hydrogens (primary N) is 1.